The zero-order chi connectivity index (χ0) is 23.1. The molecule has 6 heteroatoms. The number of esters is 1. The average molecular weight is 431 g/mol. The van der Waals surface area contributed by atoms with Crippen molar-refractivity contribution in [1.82, 2.24) is 0 Å². The van der Waals surface area contributed by atoms with Gasteiger partial charge in [-0.05, 0) is 61.5 Å². The zero-order valence-corrected chi connectivity index (χ0v) is 19.2. The van der Waals surface area contributed by atoms with Crippen LogP contribution in [0.2, 0.25) is 0 Å². The Morgan fingerprint density at radius 3 is 2.58 bits per heavy atom. The minimum atomic E-state index is -2.08. The molecular formula is C25H34O6. The second-order valence-electron chi connectivity index (χ2n) is 10.6. The number of aliphatic hydroxyl groups excluding tert-OH is 2. The number of ketones is 1. The molecule has 31 heavy (non-hydrogen) atoms. The normalized spacial score (nSPS) is 45.6. The topological polar surface area (TPSA) is 104 Å². The SMILES string of the molecule is C/C=C(\C)C(=O)O[C@H]1C(C)=C[C@@]23C(=O)[C@@H](C=C(CO)[C@@H](O)[C@]12O)[C@H]1[C@@H](C[C@H]3C)C1(C)C. The lowest BCUT2D eigenvalue weighted by atomic mass is 9.59. The highest BCUT2D eigenvalue weighted by Gasteiger charge is 2.76. The van der Waals surface area contributed by atoms with Crippen molar-refractivity contribution >= 4 is 11.8 Å². The molecule has 0 unspecified atom stereocenters. The molecule has 4 aliphatic carbocycles. The van der Waals surface area contributed by atoms with Gasteiger partial charge in [0.1, 0.15) is 6.10 Å². The van der Waals surface area contributed by atoms with Crippen molar-refractivity contribution in [2.75, 3.05) is 6.61 Å². The summed E-state index contributed by atoms with van der Waals surface area (Å²) in [5.74, 6) is -1.13. The molecule has 0 saturated heterocycles. The third-order valence-electron chi connectivity index (χ3n) is 8.88. The number of carbonyl (C=O) groups is 2. The van der Waals surface area contributed by atoms with Crippen LogP contribution in [-0.4, -0.2) is 51.5 Å². The van der Waals surface area contributed by atoms with Gasteiger partial charge >= 0.3 is 5.97 Å². The Morgan fingerprint density at radius 2 is 2.00 bits per heavy atom. The molecule has 6 nitrogen and oxygen atoms in total. The van der Waals surface area contributed by atoms with Crippen LogP contribution < -0.4 is 0 Å². The highest BCUT2D eigenvalue weighted by atomic mass is 16.6. The molecule has 0 aromatic rings. The first-order valence-electron chi connectivity index (χ1n) is 11.2. The molecule has 2 bridgehead atoms. The lowest BCUT2D eigenvalue weighted by molar-refractivity contribution is -0.201. The second kappa shape index (κ2) is 6.87. The summed E-state index contributed by atoms with van der Waals surface area (Å²) in [6, 6.07) is 0. The van der Waals surface area contributed by atoms with Crippen molar-refractivity contribution in [1.29, 1.82) is 0 Å². The van der Waals surface area contributed by atoms with E-state index in [4.69, 9.17) is 4.74 Å². The molecule has 4 rings (SSSR count). The van der Waals surface area contributed by atoms with E-state index in [1.165, 1.54) is 0 Å². The summed E-state index contributed by atoms with van der Waals surface area (Å²) in [4.78, 5) is 26.8. The van der Waals surface area contributed by atoms with E-state index in [0.29, 0.717) is 17.1 Å². The quantitative estimate of drug-likeness (QED) is 0.361. The van der Waals surface area contributed by atoms with Crippen molar-refractivity contribution in [3.05, 3.63) is 34.9 Å². The number of hydrogen-bond donors (Lipinski definition) is 3. The van der Waals surface area contributed by atoms with Gasteiger partial charge in [-0.15, -0.1) is 0 Å². The van der Waals surface area contributed by atoms with Gasteiger partial charge in [0.2, 0.25) is 0 Å². The van der Waals surface area contributed by atoms with Crippen molar-refractivity contribution in [3.63, 3.8) is 0 Å². The van der Waals surface area contributed by atoms with Crippen LogP contribution in [0.25, 0.3) is 0 Å². The average Bonchev–Trinajstić information content (AvgIpc) is 3.21. The van der Waals surface area contributed by atoms with Gasteiger partial charge in [-0.2, -0.15) is 0 Å². The van der Waals surface area contributed by atoms with Gasteiger partial charge in [-0.25, -0.2) is 4.79 Å². The van der Waals surface area contributed by atoms with Gasteiger partial charge in [-0.3, -0.25) is 4.79 Å². The van der Waals surface area contributed by atoms with Crippen LogP contribution in [0.5, 0.6) is 0 Å². The fraction of sp³-hybridized carbons (Fsp3) is 0.680. The Bertz CT molecular complexity index is 926. The van der Waals surface area contributed by atoms with E-state index in [1.807, 2.05) is 6.92 Å². The Hall–Kier alpha value is -1.76. The van der Waals surface area contributed by atoms with Crippen molar-refractivity contribution in [2.45, 2.75) is 65.8 Å². The maximum atomic E-state index is 14.2. The third kappa shape index (κ3) is 2.61. The number of carbonyl (C=O) groups excluding carboxylic acids is 2. The molecule has 0 aliphatic heterocycles. The van der Waals surface area contributed by atoms with Crippen LogP contribution in [0.4, 0.5) is 0 Å². The summed E-state index contributed by atoms with van der Waals surface area (Å²) in [6.45, 7) is 10.8. The Morgan fingerprint density at radius 1 is 1.35 bits per heavy atom. The number of ether oxygens (including phenoxy) is 1. The van der Waals surface area contributed by atoms with Crippen molar-refractivity contribution < 1.29 is 29.6 Å². The highest BCUT2D eigenvalue weighted by molar-refractivity contribution is 5.96. The second-order valence-corrected chi connectivity index (χ2v) is 10.6. The summed E-state index contributed by atoms with van der Waals surface area (Å²) in [6.07, 6.45) is 3.04. The molecule has 0 amide bonds. The van der Waals surface area contributed by atoms with E-state index in [0.717, 1.165) is 6.42 Å². The summed E-state index contributed by atoms with van der Waals surface area (Å²) >= 11 is 0. The third-order valence-corrected chi connectivity index (χ3v) is 8.88. The maximum absolute atomic E-state index is 14.2. The van der Waals surface area contributed by atoms with E-state index in [2.05, 4.69) is 13.8 Å². The molecule has 0 aromatic heterocycles. The van der Waals surface area contributed by atoms with Crippen LogP contribution in [0, 0.1) is 34.5 Å². The molecule has 0 heterocycles. The number of allylic oxidation sites excluding steroid dienone is 2. The first kappa shape index (κ1) is 22.4. The van der Waals surface area contributed by atoms with E-state index in [9.17, 15) is 24.9 Å². The highest BCUT2D eigenvalue weighted by Crippen LogP contribution is 2.71. The Kier molecular flexibility index (Phi) is 4.97. The first-order chi connectivity index (χ1) is 14.4. The minimum absolute atomic E-state index is 0.0209. The smallest absolute Gasteiger partial charge is 0.334 e. The van der Waals surface area contributed by atoms with Crippen LogP contribution in [-0.2, 0) is 14.3 Å². The molecular weight excluding hydrogens is 396 g/mol. The summed E-state index contributed by atoms with van der Waals surface area (Å²) < 4.78 is 5.72. The Labute approximate surface area is 183 Å². The molecule has 0 aromatic carbocycles. The summed E-state index contributed by atoms with van der Waals surface area (Å²) in [7, 11) is 0. The number of Topliss-reactive ketones (excluding diaryl/α,β-unsaturated/α-hetero) is 1. The van der Waals surface area contributed by atoms with Crippen LogP contribution >= 0.6 is 0 Å². The molecule has 170 valence electrons. The largest absolute Gasteiger partial charge is 0.451 e. The van der Waals surface area contributed by atoms with Crippen LogP contribution in [0.15, 0.2) is 34.9 Å². The van der Waals surface area contributed by atoms with Gasteiger partial charge < -0.3 is 20.1 Å². The zero-order valence-electron chi connectivity index (χ0n) is 19.2. The van der Waals surface area contributed by atoms with Gasteiger partial charge in [-0.1, -0.05) is 39.0 Å². The molecule has 3 N–H and O–H groups in total. The number of rotatable bonds is 3. The van der Waals surface area contributed by atoms with Crippen molar-refractivity contribution in [3.8, 4) is 0 Å². The monoisotopic (exact) mass is 430 g/mol. The molecule has 2 fully saturated rings. The first-order valence-corrected chi connectivity index (χ1v) is 11.2. The van der Waals surface area contributed by atoms with Crippen LogP contribution in [0.3, 0.4) is 0 Å². The van der Waals surface area contributed by atoms with E-state index in [-0.39, 0.29) is 28.6 Å². The van der Waals surface area contributed by atoms with Crippen molar-refractivity contribution in [2.24, 2.45) is 34.5 Å². The number of hydrogen-bond acceptors (Lipinski definition) is 6. The van der Waals surface area contributed by atoms with E-state index in [1.54, 1.807) is 39.0 Å². The molecule has 2 saturated carbocycles. The molecule has 8 atom stereocenters. The standard InChI is InChI=1S/C25H34O6/c1-7-12(2)22(29)31-21-13(3)10-24-14(4)8-17-18(23(17,5)6)16(20(24)28)9-15(11-26)19(27)25(21,24)30/h7,9-10,14,16-19,21,26-27,30H,8,11H2,1-6H3/b12-7+/t14-,16+,17-,18+,19-,21+,24-,25+/m1/s1. The van der Waals surface area contributed by atoms with E-state index < -0.39 is 41.7 Å². The molecule has 4 aliphatic rings. The lowest BCUT2D eigenvalue weighted by Gasteiger charge is -2.48. The predicted molar refractivity (Wildman–Crippen MR) is 115 cm³/mol. The Balaban J connectivity index is 1.91. The number of aliphatic hydroxyl groups is 3. The van der Waals surface area contributed by atoms with Gasteiger partial charge in [0.05, 0.1) is 12.0 Å². The van der Waals surface area contributed by atoms with Gasteiger partial charge in [0.25, 0.3) is 0 Å². The lowest BCUT2D eigenvalue weighted by Crippen LogP contribution is -2.65. The predicted octanol–water partition coefficient (Wildman–Crippen LogP) is 2.33. The molecule has 0 radical (unpaired) electrons. The number of fused-ring (bicyclic) bond motifs is 3. The van der Waals surface area contributed by atoms with Gasteiger partial charge in [0.15, 0.2) is 17.5 Å². The minimum Gasteiger partial charge on any atom is -0.451 e. The summed E-state index contributed by atoms with van der Waals surface area (Å²) in [5, 5.41) is 33.7. The maximum Gasteiger partial charge on any atom is 0.334 e. The fourth-order valence-electron chi connectivity index (χ4n) is 6.91. The summed E-state index contributed by atoms with van der Waals surface area (Å²) in [5.41, 5.74) is -2.36. The van der Waals surface area contributed by atoms with Crippen LogP contribution in [0.1, 0.15) is 48.0 Å². The van der Waals surface area contributed by atoms with Gasteiger partial charge in [0, 0.05) is 11.5 Å². The fourth-order valence-corrected chi connectivity index (χ4v) is 6.91. The molecule has 1 spiro atoms. The van der Waals surface area contributed by atoms with E-state index >= 15 is 0 Å².